The quantitative estimate of drug-likeness (QED) is 0.411. The van der Waals surface area contributed by atoms with E-state index in [4.69, 9.17) is 10.9 Å². The van der Waals surface area contributed by atoms with Gasteiger partial charge in [-0.25, -0.2) is 4.39 Å². The Morgan fingerprint density at radius 3 is 2.70 bits per heavy atom. The smallest absolute Gasteiger partial charge is 0.285 e. The molecular formula is C11H15FN4O4. The van der Waals surface area contributed by atoms with Crippen molar-refractivity contribution in [1.29, 1.82) is 0 Å². The summed E-state index contributed by atoms with van der Waals surface area (Å²) >= 11 is 0. The van der Waals surface area contributed by atoms with E-state index in [-0.39, 0.29) is 17.9 Å². The van der Waals surface area contributed by atoms with Gasteiger partial charge in [-0.2, -0.15) is 0 Å². The Hall–Kier alpha value is -2.26. The van der Waals surface area contributed by atoms with Crippen LogP contribution in [0.1, 0.15) is 17.3 Å². The molecule has 1 atom stereocenters. The number of nitrogens with one attached hydrogen (secondary N) is 1. The second-order valence-electron chi connectivity index (χ2n) is 4.20. The van der Waals surface area contributed by atoms with Gasteiger partial charge in [-0.1, -0.05) is 0 Å². The van der Waals surface area contributed by atoms with Crippen LogP contribution in [0.3, 0.4) is 0 Å². The van der Waals surface area contributed by atoms with Gasteiger partial charge in [0.2, 0.25) is 0 Å². The van der Waals surface area contributed by atoms with Crippen LogP contribution in [0.2, 0.25) is 0 Å². The molecule has 1 rings (SSSR count). The van der Waals surface area contributed by atoms with Crippen LogP contribution in [-0.2, 0) is 0 Å². The highest BCUT2D eigenvalue weighted by Crippen LogP contribution is 2.27. The van der Waals surface area contributed by atoms with Gasteiger partial charge >= 0.3 is 0 Å². The monoisotopic (exact) mass is 286 g/mol. The summed E-state index contributed by atoms with van der Waals surface area (Å²) < 4.78 is 13.5. The summed E-state index contributed by atoms with van der Waals surface area (Å²) in [5, 5.41) is 19.9. The molecule has 1 unspecified atom stereocenters. The molecule has 0 saturated carbocycles. The van der Waals surface area contributed by atoms with Gasteiger partial charge in [0.05, 0.1) is 29.3 Å². The number of aliphatic hydroxyl groups is 1. The highest BCUT2D eigenvalue weighted by Gasteiger charge is 2.27. The van der Waals surface area contributed by atoms with Gasteiger partial charge in [0.1, 0.15) is 5.56 Å². The Labute approximate surface area is 114 Å². The van der Waals surface area contributed by atoms with Crippen LogP contribution < -0.4 is 11.3 Å². The summed E-state index contributed by atoms with van der Waals surface area (Å²) in [6.07, 6.45) is 0. The van der Waals surface area contributed by atoms with Crippen LogP contribution in [0.15, 0.2) is 12.1 Å². The molecule has 9 heteroatoms. The highest BCUT2D eigenvalue weighted by atomic mass is 19.1. The minimum Gasteiger partial charge on any atom is -0.394 e. The fourth-order valence-electron chi connectivity index (χ4n) is 1.51. The highest BCUT2D eigenvalue weighted by molar-refractivity contribution is 5.99. The molecule has 0 bridgehead atoms. The van der Waals surface area contributed by atoms with Crippen molar-refractivity contribution >= 4 is 17.3 Å². The van der Waals surface area contributed by atoms with Crippen molar-refractivity contribution in [3.63, 3.8) is 0 Å². The summed E-state index contributed by atoms with van der Waals surface area (Å²) in [4.78, 5) is 23.3. The third-order valence-electron chi connectivity index (χ3n) is 2.91. The molecule has 1 aromatic rings. The predicted molar refractivity (Wildman–Crippen MR) is 69.5 cm³/mol. The maximum Gasteiger partial charge on any atom is 0.285 e. The number of aliphatic hydroxyl groups excluding tert-OH is 1. The number of likely N-dealkylation sites (N-methyl/N-ethyl adjacent to an activating group) is 1. The number of hydrogen-bond donors (Lipinski definition) is 3. The Balaban J connectivity index is 3.34. The molecule has 20 heavy (non-hydrogen) atoms. The summed E-state index contributed by atoms with van der Waals surface area (Å²) in [5.41, 5.74) is 0.812. The van der Waals surface area contributed by atoms with Gasteiger partial charge in [0.25, 0.3) is 11.6 Å². The number of halogens is 1. The number of nitro groups is 1. The lowest BCUT2D eigenvalue weighted by molar-refractivity contribution is -0.385. The van der Waals surface area contributed by atoms with Gasteiger partial charge in [-0.3, -0.25) is 20.8 Å². The van der Waals surface area contributed by atoms with Crippen LogP contribution >= 0.6 is 0 Å². The lowest BCUT2D eigenvalue weighted by Gasteiger charge is -2.23. The topological polar surface area (TPSA) is 122 Å². The van der Waals surface area contributed by atoms with Crippen molar-refractivity contribution in [2.45, 2.75) is 13.0 Å². The Kier molecular flexibility index (Phi) is 4.94. The molecule has 0 aliphatic rings. The molecule has 0 aliphatic carbocycles. The zero-order valence-corrected chi connectivity index (χ0v) is 11.0. The van der Waals surface area contributed by atoms with E-state index in [1.807, 2.05) is 5.43 Å². The second-order valence-corrected chi connectivity index (χ2v) is 4.20. The van der Waals surface area contributed by atoms with Crippen LogP contribution in [0.5, 0.6) is 0 Å². The normalized spacial score (nSPS) is 11.8. The number of nitro benzene ring substituents is 1. The van der Waals surface area contributed by atoms with Gasteiger partial charge in [0, 0.05) is 7.05 Å². The zero-order valence-electron chi connectivity index (χ0n) is 11.0. The number of nitrogen functional groups attached to an aromatic ring is 1. The summed E-state index contributed by atoms with van der Waals surface area (Å²) in [6, 6.07) is 1.05. The first kappa shape index (κ1) is 15.8. The van der Waals surface area contributed by atoms with E-state index >= 15 is 0 Å². The lowest BCUT2D eigenvalue weighted by atomic mass is 10.1. The standard InChI is InChI=1S/C11H15FN4O4/c1-6(5-17)15(2)11(18)7-3-9(14-13)8(12)4-10(7)16(19)20/h3-4,6,14,17H,5,13H2,1-2H3. The number of hydrogen-bond acceptors (Lipinski definition) is 6. The van der Waals surface area contributed by atoms with E-state index in [0.29, 0.717) is 6.07 Å². The average Bonchev–Trinajstić information content (AvgIpc) is 2.44. The summed E-state index contributed by atoms with van der Waals surface area (Å²) in [6.45, 7) is 1.26. The van der Waals surface area contributed by atoms with E-state index in [1.165, 1.54) is 7.05 Å². The Bertz CT molecular complexity index is 537. The fourth-order valence-corrected chi connectivity index (χ4v) is 1.51. The molecular weight excluding hydrogens is 271 g/mol. The largest absolute Gasteiger partial charge is 0.394 e. The third kappa shape index (κ3) is 3.00. The van der Waals surface area contributed by atoms with E-state index in [1.54, 1.807) is 6.92 Å². The van der Waals surface area contributed by atoms with Crippen LogP contribution in [0.4, 0.5) is 15.8 Å². The number of benzene rings is 1. The number of hydrazine groups is 1. The SMILES string of the molecule is CC(CO)N(C)C(=O)c1cc(NN)c(F)cc1[N+](=O)[O-]. The number of anilines is 1. The maximum atomic E-state index is 13.5. The first-order chi connectivity index (χ1) is 9.33. The number of amides is 1. The molecule has 1 aromatic carbocycles. The first-order valence-corrected chi connectivity index (χ1v) is 5.66. The van der Waals surface area contributed by atoms with Gasteiger partial charge in [-0.05, 0) is 13.0 Å². The number of rotatable bonds is 5. The minimum atomic E-state index is -0.936. The number of carbonyl (C=O) groups excluding carboxylic acids is 1. The van der Waals surface area contributed by atoms with E-state index in [0.717, 1.165) is 11.0 Å². The molecule has 8 nitrogen and oxygen atoms in total. The van der Waals surface area contributed by atoms with E-state index in [9.17, 15) is 19.3 Å². The molecule has 110 valence electrons. The number of nitrogens with zero attached hydrogens (tertiary/aromatic N) is 2. The van der Waals surface area contributed by atoms with Gasteiger partial charge in [-0.15, -0.1) is 0 Å². The van der Waals surface area contributed by atoms with Crippen molar-refractivity contribution in [2.24, 2.45) is 5.84 Å². The zero-order chi connectivity index (χ0) is 15.4. The van der Waals surface area contributed by atoms with Crippen molar-refractivity contribution in [1.82, 2.24) is 4.90 Å². The van der Waals surface area contributed by atoms with Crippen molar-refractivity contribution in [3.8, 4) is 0 Å². The summed E-state index contributed by atoms with van der Waals surface area (Å²) in [7, 11) is 1.38. The average molecular weight is 286 g/mol. The van der Waals surface area contributed by atoms with E-state index in [2.05, 4.69) is 0 Å². The van der Waals surface area contributed by atoms with E-state index < -0.39 is 28.4 Å². The molecule has 0 radical (unpaired) electrons. The first-order valence-electron chi connectivity index (χ1n) is 5.66. The number of nitrogens with two attached hydrogens (primary N) is 1. The lowest BCUT2D eigenvalue weighted by Crippen LogP contribution is -2.37. The third-order valence-corrected chi connectivity index (χ3v) is 2.91. The number of carbonyl (C=O) groups is 1. The molecule has 0 spiro atoms. The molecule has 0 aromatic heterocycles. The molecule has 4 N–H and O–H groups in total. The van der Waals surface area contributed by atoms with Crippen LogP contribution in [-0.4, -0.2) is 40.5 Å². The summed E-state index contributed by atoms with van der Waals surface area (Å²) in [5.74, 6) is 3.43. The van der Waals surface area contributed by atoms with Crippen molar-refractivity contribution in [3.05, 3.63) is 33.6 Å². The Morgan fingerprint density at radius 1 is 1.65 bits per heavy atom. The van der Waals surface area contributed by atoms with Crippen molar-refractivity contribution < 1.29 is 19.2 Å². The van der Waals surface area contributed by atoms with Gasteiger partial charge in [0.15, 0.2) is 5.82 Å². The minimum absolute atomic E-state index is 0.232. The van der Waals surface area contributed by atoms with Crippen molar-refractivity contribution in [2.75, 3.05) is 19.1 Å². The molecule has 0 heterocycles. The molecule has 1 amide bonds. The molecule has 0 saturated heterocycles. The van der Waals surface area contributed by atoms with Crippen LogP contribution in [0.25, 0.3) is 0 Å². The van der Waals surface area contributed by atoms with Crippen LogP contribution in [0, 0.1) is 15.9 Å². The fraction of sp³-hybridized carbons (Fsp3) is 0.364. The Morgan fingerprint density at radius 2 is 2.25 bits per heavy atom. The maximum absolute atomic E-state index is 13.5. The predicted octanol–water partition coefficient (Wildman–Crippen LogP) is 0.472. The second kappa shape index (κ2) is 6.26. The molecule has 0 fully saturated rings. The molecule has 0 aliphatic heterocycles. The van der Waals surface area contributed by atoms with Gasteiger partial charge < -0.3 is 15.4 Å².